The van der Waals surface area contributed by atoms with Crippen molar-refractivity contribution in [1.29, 1.82) is 5.26 Å². The van der Waals surface area contributed by atoms with Crippen LogP contribution in [0.3, 0.4) is 0 Å². The third-order valence-corrected chi connectivity index (χ3v) is 5.03. The Balaban J connectivity index is 1.65. The maximum Gasteiger partial charge on any atom is 0.289 e. The number of piperazine rings is 1. The lowest BCUT2D eigenvalue weighted by Crippen LogP contribution is -2.51. The lowest BCUT2D eigenvalue weighted by atomic mass is 9.88. The van der Waals surface area contributed by atoms with Crippen molar-refractivity contribution in [1.82, 2.24) is 9.88 Å². The van der Waals surface area contributed by atoms with Crippen molar-refractivity contribution in [3.63, 3.8) is 0 Å². The molecular weight excluding hydrogens is 322 g/mol. The number of pyridine rings is 1. The molecule has 0 bridgehead atoms. The lowest BCUT2D eigenvalue weighted by Gasteiger charge is -2.37. The molecular formula is C17H21N5O3. The summed E-state index contributed by atoms with van der Waals surface area (Å²) in [6, 6.07) is 3.24. The van der Waals surface area contributed by atoms with Crippen molar-refractivity contribution in [2.45, 2.75) is 32.1 Å². The molecule has 8 nitrogen and oxygen atoms in total. The van der Waals surface area contributed by atoms with E-state index in [1.807, 2.05) is 15.9 Å². The first-order valence-electron chi connectivity index (χ1n) is 8.68. The zero-order valence-electron chi connectivity index (χ0n) is 14.1. The van der Waals surface area contributed by atoms with Gasteiger partial charge in [-0.3, -0.25) is 14.9 Å². The molecule has 1 amide bonds. The standard InChI is InChI=1S/C17H21N5O3/c18-11-14-10-15(22(24)25)12-19-16(14)20-6-8-21(9-7-20)17(23)13-4-2-1-3-5-13/h10,12-13H,1-9H2. The fourth-order valence-electron chi connectivity index (χ4n) is 3.63. The predicted octanol–water partition coefficient (Wildman–Crippen LogP) is 2.09. The molecule has 1 aliphatic heterocycles. The van der Waals surface area contributed by atoms with Crippen LogP contribution < -0.4 is 4.90 Å². The molecule has 1 saturated carbocycles. The summed E-state index contributed by atoms with van der Waals surface area (Å²) in [6.45, 7) is 2.35. The van der Waals surface area contributed by atoms with Crippen molar-refractivity contribution in [2.24, 2.45) is 5.92 Å². The lowest BCUT2D eigenvalue weighted by molar-refractivity contribution is -0.385. The highest BCUT2D eigenvalue weighted by atomic mass is 16.6. The largest absolute Gasteiger partial charge is 0.352 e. The molecule has 0 spiro atoms. The third kappa shape index (κ3) is 3.71. The second-order valence-electron chi connectivity index (χ2n) is 6.58. The molecule has 1 aliphatic carbocycles. The third-order valence-electron chi connectivity index (χ3n) is 5.03. The molecule has 1 saturated heterocycles. The second-order valence-corrected chi connectivity index (χ2v) is 6.58. The summed E-state index contributed by atoms with van der Waals surface area (Å²) in [4.78, 5) is 30.8. The van der Waals surface area contributed by atoms with E-state index in [9.17, 15) is 20.2 Å². The second kappa shape index (κ2) is 7.47. The number of nitrogens with zero attached hydrogens (tertiary/aromatic N) is 5. The molecule has 2 heterocycles. The van der Waals surface area contributed by atoms with E-state index in [0.717, 1.165) is 25.7 Å². The minimum absolute atomic E-state index is 0.160. The Hall–Kier alpha value is -2.69. The molecule has 0 atom stereocenters. The van der Waals surface area contributed by atoms with Crippen molar-refractivity contribution >= 4 is 17.4 Å². The number of hydrogen-bond donors (Lipinski definition) is 0. The maximum absolute atomic E-state index is 12.6. The fourth-order valence-corrected chi connectivity index (χ4v) is 3.63. The van der Waals surface area contributed by atoms with Gasteiger partial charge in [-0.1, -0.05) is 19.3 Å². The Kier molecular flexibility index (Phi) is 5.12. The summed E-state index contributed by atoms with van der Waals surface area (Å²) < 4.78 is 0. The molecule has 2 fully saturated rings. The zero-order chi connectivity index (χ0) is 17.8. The van der Waals surface area contributed by atoms with Gasteiger partial charge in [-0.15, -0.1) is 0 Å². The first-order chi connectivity index (χ1) is 12.1. The van der Waals surface area contributed by atoms with Gasteiger partial charge < -0.3 is 9.80 Å². The Morgan fingerprint density at radius 3 is 2.52 bits per heavy atom. The van der Waals surface area contributed by atoms with E-state index in [0.29, 0.717) is 32.0 Å². The van der Waals surface area contributed by atoms with Gasteiger partial charge in [0.05, 0.1) is 4.92 Å². The Morgan fingerprint density at radius 2 is 1.92 bits per heavy atom. The van der Waals surface area contributed by atoms with Crippen LogP contribution in [-0.2, 0) is 4.79 Å². The van der Waals surface area contributed by atoms with Gasteiger partial charge >= 0.3 is 0 Å². The van der Waals surface area contributed by atoms with Crippen molar-refractivity contribution in [3.05, 3.63) is 27.9 Å². The van der Waals surface area contributed by atoms with Gasteiger partial charge in [0.25, 0.3) is 5.69 Å². The highest BCUT2D eigenvalue weighted by Gasteiger charge is 2.29. The monoisotopic (exact) mass is 343 g/mol. The summed E-state index contributed by atoms with van der Waals surface area (Å²) >= 11 is 0. The van der Waals surface area contributed by atoms with Crippen LogP contribution in [0.1, 0.15) is 37.7 Å². The van der Waals surface area contributed by atoms with E-state index >= 15 is 0 Å². The molecule has 1 aromatic heterocycles. The summed E-state index contributed by atoms with van der Waals surface area (Å²) in [6.07, 6.45) is 6.64. The number of carbonyl (C=O) groups is 1. The molecule has 2 aliphatic rings. The smallest absolute Gasteiger partial charge is 0.289 e. The molecule has 0 N–H and O–H groups in total. The Morgan fingerprint density at radius 1 is 1.24 bits per heavy atom. The summed E-state index contributed by atoms with van der Waals surface area (Å²) in [5, 5.41) is 20.1. The van der Waals surface area contributed by atoms with Crippen LogP contribution in [0.15, 0.2) is 12.3 Å². The highest BCUT2D eigenvalue weighted by molar-refractivity contribution is 5.79. The Bertz CT molecular complexity index is 701. The van der Waals surface area contributed by atoms with E-state index in [2.05, 4.69) is 4.98 Å². The van der Waals surface area contributed by atoms with Crippen molar-refractivity contribution < 1.29 is 9.72 Å². The normalized spacial score (nSPS) is 18.7. The van der Waals surface area contributed by atoms with Crippen LogP contribution in [0.5, 0.6) is 0 Å². The summed E-state index contributed by atoms with van der Waals surface area (Å²) in [7, 11) is 0. The molecule has 132 valence electrons. The predicted molar refractivity (Wildman–Crippen MR) is 91.0 cm³/mol. The van der Waals surface area contributed by atoms with Crippen LogP contribution >= 0.6 is 0 Å². The maximum atomic E-state index is 12.6. The van der Waals surface area contributed by atoms with Crippen LogP contribution in [0.4, 0.5) is 11.5 Å². The van der Waals surface area contributed by atoms with Gasteiger partial charge in [0.15, 0.2) is 0 Å². The van der Waals surface area contributed by atoms with E-state index in [1.54, 1.807) is 0 Å². The number of anilines is 1. The fraction of sp³-hybridized carbons (Fsp3) is 0.588. The number of nitro groups is 1. The minimum Gasteiger partial charge on any atom is -0.352 e. The van der Waals surface area contributed by atoms with E-state index in [-0.39, 0.29) is 23.1 Å². The van der Waals surface area contributed by atoms with Gasteiger partial charge in [0.2, 0.25) is 5.91 Å². The van der Waals surface area contributed by atoms with Gasteiger partial charge in [-0.05, 0) is 12.8 Å². The van der Waals surface area contributed by atoms with E-state index < -0.39 is 4.92 Å². The molecule has 3 rings (SSSR count). The molecule has 0 unspecified atom stereocenters. The van der Waals surface area contributed by atoms with Crippen LogP contribution in [0.25, 0.3) is 0 Å². The first-order valence-corrected chi connectivity index (χ1v) is 8.68. The topological polar surface area (TPSA) is 103 Å². The number of nitriles is 1. The number of aromatic nitrogens is 1. The van der Waals surface area contributed by atoms with E-state index in [4.69, 9.17) is 0 Å². The minimum atomic E-state index is -0.557. The van der Waals surface area contributed by atoms with Crippen molar-refractivity contribution in [2.75, 3.05) is 31.1 Å². The van der Waals surface area contributed by atoms with Gasteiger partial charge in [0, 0.05) is 38.2 Å². The number of rotatable bonds is 3. The molecule has 8 heteroatoms. The average Bonchev–Trinajstić information content (AvgIpc) is 2.67. The highest BCUT2D eigenvalue weighted by Crippen LogP contribution is 2.27. The van der Waals surface area contributed by atoms with Gasteiger partial charge in [-0.2, -0.15) is 5.26 Å². The first kappa shape index (κ1) is 17.1. The molecule has 0 aromatic carbocycles. The number of amides is 1. The van der Waals surface area contributed by atoms with Gasteiger partial charge in [0.1, 0.15) is 23.6 Å². The number of carbonyl (C=O) groups excluding carboxylic acids is 1. The summed E-state index contributed by atoms with van der Waals surface area (Å²) in [5.74, 6) is 0.863. The van der Waals surface area contributed by atoms with Crippen LogP contribution in [0, 0.1) is 27.4 Å². The average molecular weight is 343 g/mol. The SMILES string of the molecule is N#Cc1cc([N+](=O)[O-])cnc1N1CCN(C(=O)C2CCCCC2)CC1. The zero-order valence-corrected chi connectivity index (χ0v) is 14.1. The number of hydrogen-bond acceptors (Lipinski definition) is 6. The van der Waals surface area contributed by atoms with Crippen molar-refractivity contribution in [3.8, 4) is 6.07 Å². The Labute approximate surface area is 146 Å². The van der Waals surface area contributed by atoms with E-state index in [1.165, 1.54) is 18.7 Å². The molecule has 0 radical (unpaired) electrons. The van der Waals surface area contributed by atoms with Gasteiger partial charge in [-0.25, -0.2) is 4.98 Å². The molecule has 25 heavy (non-hydrogen) atoms. The van der Waals surface area contributed by atoms with Crippen LogP contribution in [0.2, 0.25) is 0 Å². The quantitative estimate of drug-likeness (QED) is 0.615. The van der Waals surface area contributed by atoms with Crippen LogP contribution in [-0.4, -0.2) is 46.9 Å². The summed E-state index contributed by atoms with van der Waals surface area (Å²) in [5.41, 5.74) is 0.00710. The molecule has 1 aromatic rings.